The molecule has 0 saturated heterocycles. The van der Waals surface area contributed by atoms with Gasteiger partial charge >= 0.3 is 0 Å². The molecule has 0 bridgehead atoms. The predicted octanol–water partition coefficient (Wildman–Crippen LogP) is 3.17. The molecule has 0 fully saturated rings. The lowest BCUT2D eigenvalue weighted by Gasteiger charge is -2.09. The van der Waals surface area contributed by atoms with Gasteiger partial charge in [-0.2, -0.15) is 0 Å². The van der Waals surface area contributed by atoms with E-state index in [0.717, 1.165) is 0 Å². The lowest BCUT2D eigenvalue weighted by atomic mass is 10.0. The van der Waals surface area contributed by atoms with Crippen molar-refractivity contribution in [3.8, 4) is 17.2 Å². The smallest absolute Gasteiger partial charge is 0.170 e. The number of Topliss-reactive ketones (excluding diaryl/α,β-unsaturated/α-hetero) is 2. The molecule has 2 rings (SSSR count). The van der Waals surface area contributed by atoms with Crippen molar-refractivity contribution >= 4 is 11.6 Å². The number of rotatable bonds is 7. The number of hydrogen-bond acceptors (Lipinski definition) is 5. The fourth-order valence-electron chi connectivity index (χ4n) is 2.16. The number of carbonyl (C=O) groups is 2. The second kappa shape index (κ2) is 7.45. The average Bonchev–Trinajstić information content (AvgIpc) is 2.60. The lowest BCUT2D eigenvalue weighted by molar-refractivity contribution is 0.0894. The monoisotopic (exact) mass is 314 g/mol. The summed E-state index contributed by atoms with van der Waals surface area (Å²) in [5, 5.41) is 0. The van der Waals surface area contributed by atoms with E-state index >= 15 is 0 Å². The maximum Gasteiger partial charge on any atom is 0.170 e. The van der Waals surface area contributed by atoms with Crippen LogP contribution in [0.4, 0.5) is 0 Å². The maximum atomic E-state index is 12.3. The summed E-state index contributed by atoms with van der Waals surface area (Å²) in [6.45, 7) is 0. The highest BCUT2D eigenvalue weighted by atomic mass is 16.5. The Labute approximate surface area is 134 Å². The van der Waals surface area contributed by atoms with Crippen LogP contribution in [0.3, 0.4) is 0 Å². The number of ketones is 2. The first-order chi connectivity index (χ1) is 11.1. The Hall–Kier alpha value is -2.82. The maximum absolute atomic E-state index is 12.3. The Morgan fingerprint density at radius 2 is 1.43 bits per heavy atom. The Morgan fingerprint density at radius 1 is 0.783 bits per heavy atom. The Morgan fingerprint density at radius 3 is 2.04 bits per heavy atom. The fraction of sp³-hybridized carbons (Fsp3) is 0.222. The molecular formula is C18H18O5. The van der Waals surface area contributed by atoms with E-state index in [0.29, 0.717) is 28.4 Å². The van der Waals surface area contributed by atoms with Crippen LogP contribution in [0.25, 0.3) is 0 Å². The molecule has 0 aromatic heterocycles. The van der Waals surface area contributed by atoms with Gasteiger partial charge in [0.05, 0.1) is 27.8 Å². The van der Waals surface area contributed by atoms with Crippen LogP contribution >= 0.6 is 0 Å². The van der Waals surface area contributed by atoms with Crippen LogP contribution < -0.4 is 14.2 Å². The standard InChI is InChI=1S/C18H18O5/c1-21-14-6-4-5-12(9-14)15(19)11-16(20)13-7-8-17(22-2)18(10-13)23-3/h4-10H,11H2,1-3H3. The Balaban J connectivity index is 2.16. The number of hydrogen-bond donors (Lipinski definition) is 0. The zero-order valence-electron chi connectivity index (χ0n) is 13.3. The van der Waals surface area contributed by atoms with E-state index in [1.165, 1.54) is 21.3 Å². The van der Waals surface area contributed by atoms with Gasteiger partial charge in [-0.3, -0.25) is 9.59 Å². The van der Waals surface area contributed by atoms with E-state index in [1.807, 2.05) is 0 Å². The topological polar surface area (TPSA) is 61.8 Å². The zero-order chi connectivity index (χ0) is 16.8. The molecule has 0 unspecified atom stereocenters. The summed E-state index contributed by atoms with van der Waals surface area (Å²) in [6, 6.07) is 11.6. The molecule has 0 heterocycles. The highest BCUT2D eigenvalue weighted by Crippen LogP contribution is 2.28. The van der Waals surface area contributed by atoms with Crippen LogP contribution in [0.1, 0.15) is 27.1 Å². The van der Waals surface area contributed by atoms with E-state index < -0.39 is 0 Å². The molecular weight excluding hydrogens is 296 g/mol. The highest BCUT2D eigenvalue weighted by molar-refractivity contribution is 6.13. The summed E-state index contributed by atoms with van der Waals surface area (Å²) >= 11 is 0. The van der Waals surface area contributed by atoms with Gasteiger partial charge in [-0.1, -0.05) is 12.1 Å². The van der Waals surface area contributed by atoms with Gasteiger partial charge in [0.25, 0.3) is 0 Å². The van der Waals surface area contributed by atoms with Gasteiger partial charge in [0.15, 0.2) is 23.1 Å². The highest BCUT2D eigenvalue weighted by Gasteiger charge is 2.16. The Bertz CT molecular complexity index is 721. The van der Waals surface area contributed by atoms with Crippen molar-refractivity contribution in [2.24, 2.45) is 0 Å². The zero-order valence-corrected chi connectivity index (χ0v) is 13.3. The minimum atomic E-state index is -0.279. The van der Waals surface area contributed by atoms with Crippen LogP contribution in [0, 0.1) is 0 Å². The molecule has 5 heteroatoms. The molecule has 0 saturated carbocycles. The Kier molecular flexibility index (Phi) is 5.36. The third-order valence-electron chi connectivity index (χ3n) is 3.42. The predicted molar refractivity (Wildman–Crippen MR) is 85.8 cm³/mol. The summed E-state index contributed by atoms with van der Waals surface area (Å²) < 4.78 is 15.4. The minimum absolute atomic E-state index is 0.220. The largest absolute Gasteiger partial charge is 0.497 e. The van der Waals surface area contributed by atoms with Gasteiger partial charge in [0.2, 0.25) is 0 Å². The van der Waals surface area contributed by atoms with E-state index in [2.05, 4.69) is 0 Å². The SMILES string of the molecule is COc1cccc(C(=O)CC(=O)c2ccc(OC)c(OC)c2)c1. The summed E-state index contributed by atoms with van der Waals surface area (Å²) in [5.41, 5.74) is 0.845. The van der Waals surface area contributed by atoms with Crippen molar-refractivity contribution in [2.45, 2.75) is 6.42 Å². The average molecular weight is 314 g/mol. The molecule has 120 valence electrons. The van der Waals surface area contributed by atoms with Crippen molar-refractivity contribution < 1.29 is 23.8 Å². The number of methoxy groups -OCH3 is 3. The molecule has 0 atom stereocenters. The molecule has 0 aliphatic carbocycles. The second-order valence-corrected chi connectivity index (χ2v) is 4.82. The van der Waals surface area contributed by atoms with Crippen molar-refractivity contribution in [3.05, 3.63) is 53.6 Å². The van der Waals surface area contributed by atoms with Crippen LogP contribution in [0.2, 0.25) is 0 Å². The summed E-state index contributed by atoms with van der Waals surface area (Å²) in [4.78, 5) is 24.5. The lowest BCUT2D eigenvalue weighted by Crippen LogP contribution is -2.09. The van der Waals surface area contributed by atoms with Crippen molar-refractivity contribution in [3.63, 3.8) is 0 Å². The van der Waals surface area contributed by atoms with Crippen LogP contribution in [-0.2, 0) is 0 Å². The second-order valence-electron chi connectivity index (χ2n) is 4.82. The molecule has 0 aliphatic rings. The molecule has 0 aliphatic heterocycles. The number of ether oxygens (including phenoxy) is 3. The van der Waals surface area contributed by atoms with E-state index in [-0.39, 0.29) is 18.0 Å². The van der Waals surface area contributed by atoms with E-state index in [9.17, 15) is 9.59 Å². The van der Waals surface area contributed by atoms with Crippen molar-refractivity contribution in [1.29, 1.82) is 0 Å². The van der Waals surface area contributed by atoms with Crippen LogP contribution in [0.15, 0.2) is 42.5 Å². The van der Waals surface area contributed by atoms with Gasteiger partial charge in [-0.25, -0.2) is 0 Å². The summed E-state index contributed by atoms with van der Waals surface area (Å²) in [6.07, 6.45) is -0.220. The number of carbonyl (C=O) groups excluding carboxylic acids is 2. The van der Waals surface area contributed by atoms with Crippen LogP contribution in [-0.4, -0.2) is 32.9 Å². The van der Waals surface area contributed by atoms with Gasteiger partial charge in [-0.15, -0.1) is 0 Å². The minimum Gasteiger partial charge on any atom is -0.497 e. The summed E-state index contributed by atoms with van der Waals surface area (Å²) in [7, 11) is 4.54. The fourth-order valence-corrected chi connectivity index (χ4v) is 2.16. The first-order valence-corrected chi connectivity index (χ1v) is 7.01. The van der Waals surface area contributed by atoms with Crippen LogP contribution in [0.5, 0.6) is 17.2 Å². The van der Waals surface area contributed by atoms with Gasteiger partial charge in [0.1, 0.15) is 5.75 Å². The summed E-state index contributed by atoms with van der Waals surface area (Å²) in [5.74, 6) is 1.02. The molecule has 0 spiro atoms. The molecule has 2 aromatic carbocycles. The van der Waals surface area contributed by atoms with Gasteiger partial charge < -0.3 is 14.2 Å². The molecule has 0 radical (unpaired) electrons. The third-order valence-corrected chi connectivity index (χ3v) is 3.42. The molecule has 0 amide bonds. The van der Waals surface area contributed by atoms with Gasteiger partial charge in [-0.05, 0) is 30.3 Å². The molecule has 0 N–H and O–H groups in total. The molecule has 2 aromatic rings. The normalized spacial score (nSPS) is 10.0. The van der Waals surface area contributed by atoms with Crippen molar-refractivity contribution in [2.75, 3.05) is 21.3 Å². The van der Waals surface area contributed by atoms with Gasteiger partial charge in [0, 0.05) is 11.1 Å². The van der Waals surface area contributed by atoms with E-state index in [1.54, 1.807) is 42.5 Å². The van der Waals surface area contributed by atoms with Crippen molar-refractivity contribution in [1.82, 2.24) is 0 Å². The quantitative estimate of drug-likeness (QED) is 0.580. The first kappa shape index (κ1) is 16.5. The first-order valence-electron chi connectivity index (χ1n) is 7.01. The van der Waals surface area contributed by atoms with E-state index in [4.69, 9.17) is 14.2 Å². The molecule has 5 nitrogen and oxygen atoms in total. The molecule has 23 heavy (non-hydrogen) atoms. The number of benzene rings is 2. The third kappa shape index (κ3) is 3.88.